The lowest BCUT2D eigenvalue weighted by Crippen LogP contribution is -1.96. The van der Waals surface area contributed by atoms with Crippen LogP contribution in [-0.2, 0) is 0 Å². The molecule has 0 amide bonds. The van der Waals surface area contributed by atoms with Gasteiger partial charge in [-0.25, -0.2) is 4.39 Å². The second kappa shape index (κ2) is 3.84. The molecule has 3 aromatic rings. The van der Waals surface area contributed by atoms with Crippen LogP contribution < -0.4 is 0 Å². The van der Waals surface area contributed by atoms with E-state index in [-0.39, 0.29) is 17.1 Å². The first kappa shape index (κ1) is 10.8. The Hall–Kier alpha value is -2.36. The summed E-state index contributed by atoms with van der Waals surface area (Å²) < 4.78 is 23.8. The van der Waals surface area contributed by atoms with Gasteiger partial charge in [0.2, 0.25) is 5.78 Å². The van der Waals surface area contributed by atoms with Gasteiger partial charge in [-0.05, 0) is 25.1 Å². The lowest BCUT2D eigenvalue weighted by atomic mass is 10.1. The van der Waals surface area contributed by atoms with Crippen molar-refractivity contribution in [3.63, 3.8) is 0 Å². The van der Waals surface area contributed by atoms with Gasteiger partial charge in [0.05, 0.1) is 5.56 Å². The Bertz CT molecular complexity index is 736. The van der Waals surface area contributed by atoms with Gasteiger partial charge in [0.15, 0.2) is 17.2 Å². The number of furan rings is 2. The number of aryl methyl sites for hydroxylation is 1. The number of fused-ring (bicyclic) bond motifs is 1. The zero-order valence-electron chi connectivity index (χ0n) is 9.57. The SMILES string of the molecule is Cc1cc(C(=O)c2cc3cccc(F)c3o2)co1. The molecule has 0 unspecified atom stereocenters. The third-order valence-electron chi connectivity index (χ3n) is 2.71. The highest BCUT2D eigenvalue weighted by atomic mass is 19.1. The van der Waals surface area contributed by atoms with E-state index in [4.69, 9.17) is 8.83 Å². The van der Waals surface area contributed by atoms with Crippen molar-refractivity contribution in [3.05, 3.63) is 59.5 Å². The van der Waals surface area contributed by atoms with Crippen LogP contribution in [-0.4, -0.2) is 5.78 Å². The molecule has 0 saturated carbocycles. The number of benzene rings is 1. The second-order valence-electron chi connectivity index (χ2n) is 4.04. The maximum absolute atomic E-state index is 13.4. The van der Waals surface area contributed by atoms with Crippen LogP contribution in [0.5, 0.6) is 0 Å². The highest BCUT2D eigenvalue weighted by Crippen LogP contribution is 2.24. The molecule has 0 radical (unpaired) electrons. The smallest absolute Gasteiger partial charge is 0.231 e. The Balaban J connectivity index is 2.10. The molecule has 2 aromatic heterocycles. The van der Waals surface area contributed by atoms with Gasteiger partial charge in [-0.15, -0.1) is 0 Å². The van der Waals surface area contributed by atoms with Gasteiger partial charge in [-0.1, -0.05) is 12.1 Å². The molecule has 1 aromatic carbocycles. The first-order chi connectivity index (χ1) is 8.65. The second-order valence-corrected chi connectivity index (χ2v) is 4.04. The van der Waals surface area contributed by atoms with Gasteiger partial charge in [-0.3, -0.25) is 4.79 Å². The number of rotatable bonds is 2. The van der Waals surface area contributed by atoms with Crippen LogP contribution in [0.25, 0.3) is 11.0 Å². The molecular formula is C14H9FO3. The normalized spacial score (nSPS) is 11.0. The van der Waals surface area contributed by atoms with E-state index in [1.165, 1.54) is 18.4 Å². The van der Waals surface area contributed by atoms with Crippen molar-refractivity contribution < 1.29 is 18.0 Å². The molecule has 0 aliphatic rings. The van der Waals surface area contributed by atoms with Crippen LogP contribution >= 0.6 is 0 Å². The van der Waals surface area contributed by atoms with Crippen molar-refractivity contribution in [1.29, 1.82) is 0 Å². The van der Waals surface area contributed by atoms with Crippen molar-refractivity contribution >= 4 is 16.8 Å². The van der Waals surface area contributed by atoms with Gasteiger partial charge < -0.3 is 8.83 Å². The van der Waals surface area contributed by atoms with Crippen LogP contribution in [0.1, 0.15) is 21.9 Å². The zero-order chi connectivity index (χ0) is 12.7. The van der Waals surface area contributed by atoms with Crippen molar-refractivity contribution in [3.8, 4) is 0 Å². The Labute approximate surface area is 102 Å². The molecule has 0 bridgehead atoms. The standard InChI is InChI=1S/C14H9FO3/c1-8-5-10(7-17-8)13(16)12-6-9-3-2-4-11(15)14(9)18-12/h2-7H,1H3. The molecule has 0 N–H and O–H groups in total. The molecule has 0 saturated heterocycles. The summed E-state index contributed by atoms with van der Waals surface area (Å²) in [4.78, 5) is 12.1. The lowest BCUT2D eigenvalue weighted by Gasteiger charge is -1.90. The van der Waals surface area contributed by atoms with Crippen LogP contribution in [0.3, 0.4) is 0 Å². The molecule has 0 aliphatic carbocycles. The van der Waals surface area contributed by atoms with Gasteiger partial charge in [0.1, 0.15) is 12.0 Å². The molecule has 2 heterocycles. The minimum absolute atomic E-state index is 0.0982. The first-order valence-electron chi connectivity index (χ1n) is 5.43. The highest BCUT2D eigenvalue weighted by Gasteiger charge is 2.17. The topological polar surface area (TPSA) is 43.4 Å². The molecule has 3 nitrogen and oxygen atoms in total. The molecule has 18 heavy (non-hydrogen) atoms. The summed E-state index contributed by atoms with van der Waals surface area (Å²) in [6, 6.07) is 7.71. The van der Waals surface area contributed by atoms with E-state index in [0.717, 1.165) is 0 Å². The highest BCUT2D eigenvalue weighted by molar-refractivity contribution is 6.08. The van der Waals surface area contributed by atoms with E-state index >= 15 is 0 Å². The maximum atomic E-state index is 13.4. The van der Waals surface area contributed by atoms with Crippen molar-refractivity contribution in [2.45, 2.75) is 6.92 Å². The van der Waals surface area contributed by atoms with E-state index in [1.807, 2.05) is 0 Å². The maximum Gasteiger partial charge on any atom is 0.231 e. The van der Waals surface area contributed by atoms with Gasteiger partial charge in [0.25, 0.3) is 0 Å². The van der Waals surface area contributed by atoms with Crippen molar-refractivity contribution in [2.24, 2.45) is 0 Å². The molecule has 4 heteroatoms. The third-order valence-corrected chi connectivity index (χ3v) is 2.71. The molecular weight excluding hydrogens is 235 g/mol. The Morgan fingerprint density at radius 3 is 2.78 bits per heavy atom. The lowest BCUT2D eigenvalue weighted by molar-refractivity contribution is 0.101. The average Bonchev–Trinajstić information content (AvgIpc) is 2.95. The quantitative estimate of drug-likeness (QED) is 0.645. The monoisotopic (exact) mass is 244 g/mol. The largest absolute Gasteiger partial charge is 0.469 e. The fourth-order valence-electron chi connectivity index (χ4n) is 1.84. The van der Waals surface area contributed by atoms with Gasteiger partial charge >= 0.3 is 0 Å². The summed E-state index contributed by atoms with van der Waals surface area (Å²) in [5.74, 6) is -0.0473. The molecule has 90 valence electrons. The van der Waals surface area contributed by atoms with E-state index in [1.54, 1.807) is 25.1 Å². The van der Waals surface area contributed by atoms with Gasteiger partial charge in [0, 0.05) is 5.39 Å². The first-order valence-corrected chi connectivity index (χ1v) is 5.43. The zero-order valence-corrected chi connectivity index (χ0v) is 9.57. The summed E-state index contributed by atoms with van der Waals surface area (Å²) in [6.07, 6.45) is 1.36. The minimum Gasteiger partial charge on any atom is -0.469 e. The Kier molecular flexibility index (Phi) is 2.30. The van der Waals surface area contributed by atoms with Gasteiger partial charge in [-0.2, -0.15) is 0 Å². The number of halogens is 1. The predicted molar refractivity (Wildman–Crippen MR) is 63.0 cm³/mol. The van der Waals surface area contributed by atoms with Crippen LogP contribution in [0, 0.1) is 12.7 Å². The Morgan fingerprint density at radius 1 is 1.28 bits per heavy atom. The summed E-state index contributed by atoms with van der Waals surface area (Å²) in [6.45, 7) is 1.75. The summed E-state index contributed by atoms with van der Waals surface area (Å²) >= 11 is 0. The number of carbonyl (C=O) groups excluding carboxylic acids is 1. The Morgan fingerprint density at radius 2 is 2.11 bits per heavy atom. The fourth-order valence-corrected chi connectivity index (χ4v) is 1.84. The molecule has 0 atom stereocenters. The molecule has 0 spiro atoms. The van der Waals surface area contributed by atoms with Crippen LogP contribution in [0.4, 0.5) is 4.39 Å². The number of hydrogen-bond acceptors (Lipinski definition) is 3. The van der Waals surface area contributed by atoms with Crippen molar-refractivity contribution in [2.75, 3.05) is 0 Å². The average molecular weight is 244 g/mol. The molecule has 3 rings (SSSR count). The third kappa shape index (κ3) is 1.62. The minimum atomic E-state index is -0.477. The molecule has 0 fully saturated rings. The summed E-state index contributed by atoms with van der Waals surface area (Å²) in [5, 5.41) is 0.568. The van der Waals surface area contributed by atoms with E-state index in [2.05, 4.69) is 0 Å². The summed E-state index contributed by atoms with van der Waals surface area (Å²) in [5.41, 5.74) is 0.494. The predicted octanol–water partition coefficient (Wildman–Crippen LogP) is 3.70. The van der Waals surface area contributed by atoms with E-state index in [0.29, 0.717) is 16.7 Å². The van der Waals surface area contributed by atoms with E-state index in [9.17, 15) is 9.18 Å². The number of hydrogen-bond donors (Lipinski definition) is 0. The van der Waals surface area contributed by atoms with Crippen LogP contribution in [0.2, 0.25) is 0 Å². The molecule has 0 aliphatic heterocycles. The number of ketones is 1. The van der Waals surface area contributed by atoms with Crippen LogP contribution in [0.15, 0.2) is 45.4 Å². The fraction of sp³-hybridized carbons (Fsp3) is 0.0714. The number of para-hydroxylation sites is 1. The summed E-state index contributed by atoms with van der Waals surface area (Å²) in [7, 11) is 0. The van der Waals surface area contributed by atoms with E-state index < -0.39 is 5.82 Å². The van der Waals surface area contributed by atoms with Crippen molar-refractivity contribution in [1.82, 2.24) is 0 Å². The number of carbonyl (C=O) groups is 1.